The Hall–Kier alpha value is -4.23. The number of hydrogen-bond acceptors (Lipinski definition) is 6. The van der Waals surface area contributed by atoms with Crippen LogP contribution in [-0.4, -0.2) is 24.9 Å². The lowest BCUT2D eigenvalue weighted by molar-refractivity contribution is 1.18. The molecule has 6 nitrogen and oxygen atoms in total. The summed E-state index contributed by atoms with van der Waals surface area (Å²) in [7, 11) is 0. The van der Waals surface area contributed by atoms with Crippen LogP contribution in [-0.2, 0) is 0 Å². The number of nitrogens with zero attached hydrogens (tertiary/aromatic N) is 4. The number of aromatic nitrogens is 5. The Balaban J connectivity index is 1.63. The second-order valence-electron chi connectivity index (χ2n) is 7.75. The third kappa shape index (κ3) is 3.48. The van der Waals surface area contributed by atoms with Gasteiger partial charge in [0.05, 0.1) is 33.5 Å². The SMILES string of the molecule is Cc1ccc(-c2nc3[nH]c(=O)c(-c4cnccn4)cc3cc2-c2ccc3ncccc3c2)s1. The average molecular weight is 448 g/mol. The molecule has 0 aliphatic heterocycles. The fourth-order valence-electron chi connectivity index (χ4n) is 3.98. The van der Waals surface area contributed by atoms with E-state index in [9.17, 15) is 4.79 Å². The number of rotatable bonds is 3. The second kappa shape index (κ2) is 7.72. The van der Waals surface area contributed by atoms with Gasteiger partial charge in [-0.3, -0.25) is 19.7 Å². The maximum absolute atomic E-state index is 12.8. The van der Waals surface area contributed by atoms with Gasteiger partial charge in [-0.2, -0.15) is 0 Å². The van der Waals surface area contributed by atoms with Gasteiger partial charge in [0.25, 0.3) is 5.56 Å². The zero-order valence-electron chi connectivity index (χ0n) is 17.6. The topological polar surface area (TPSA) is 84.4 Å². The van der Waals surface area contributed by atoms with E-state index in [-0.39, 0.29) is 5.56 Å². The fraction of sp³-hybridized carbons (Fsp3) is 0.0385. The highest BCUT2D eigenvalue weighted by Crippen LogP contribution is 2.37. The molecule has 0 unspecified atom stereocenters. The van der Waals surface area contributed by atoms with Crippen LogP contribution in [0.5, 0.6) is 0 Å². The Kier molecular flexibility index (Phi) is 4.55. The van der Waals surface area contributed by atoms with Gasteiger partial charge in [-0.05, 0) is 55.0 Å². The summed E-state index contributed by atoms with van der Waals surface area (Å²) in [5.41, 5.74) is 5.10. The number of aryl methyl sites for hydroxylation is 1. The van der Waals surface area contributed by atoms with Crippen molar-refractivity contribution in [3.63, 3.8) is 0 Å². The van der Waals surface area contributed by atoms with Gasteiger partial charge in [0.15, 0.2) is 0 Å². The molecule has 158 valence electrons. The molecule has 1 N–H and O–H groups in total. The summed E-state index contributed by atoms with van der Waals surface area (Å²) in [5, 5.41) is 1.89. The van der Waals surface area contributed by atoms with Gasteiger partial charge >= 0.3 is 0 Å². The first-order valence-electron chi connectivity index (χ1n) is 10.4. The van der Waals surface area contributed by atoms with Crippen LogP contribution in [0.2, 0.25) is 0 Å². The van der Waals surface area contributed by atoms with Gasteiger partial charge in [0, 0.05) is 39.8 Å². The number of hydrogen-bond donors (Lipinski definition) is 1. The van der Waals surface area contributed by atoms with Crippen molar-refractivity contribution in [2.24, 2.45) is 0 Å². The Morgan fingerprint density at radius 3 is 2.61 bits per heavy atom. The number of benzene rings is 1. The van der Waals surface area contributed by atoms with Crippen LogP contribution >= 0.6 is 11.3 Å². The molecule has 6 rings (SSSR count). The summed E-state index contributed by atoms with van der Waals surface area (Å²) in [6, 6.07) is 18.3. The van der Waals surface area contributed by atoms with E-state index in [1.807, 2.05) is 18.2 Å². The molecule has 7 heteroatoms. The lowest BCUT2D eigenvalue weighted by Gasteiger charge is -2.11. The smallest absolute Gasteiger partial charge is 0.259 e. The normalized spacial score (nSPS) is 11.3. The molecule has 0 saturated carbocycles. The molecular formula is C26H17N5OS. The van der Waals surface area contributed by atoms with Crippen LogP contribution in [0, 0.1) is 6.92 Å². The van der Waals surface area contributed by atoms with Crippen LogP contribution < -0.4 is 5.56 Å². The first kappa shape index (κ1) is 19.5. The Morgan fingerprint density at radius 2 is 1.79 bits per heavy atom. The van der Waals surface area contributed by atoms with Crippen LogP contribution in [0.1, 0.15) is 4.88 Å². The maximum atomic E-state index is 12.8. The molecular weight excluding hydrogens is 430 g/mol. The third-order valence-electron chi connectivity index (χ3n) is 5.56. The van der Waals surface area contributed by atoms with Gasteiger partial charge in [-0.15, -0.1) is 11.3 Å². The zero-order valence-corrected chi connectivity index (χ0v) is 18.4. The number of H-pyrrole nitrogens is 1. The second-order valence-corrected chi connectivity index (χ2v) is 9.03. The summed E-state index contributed by atoms with van der Waals surface area (Å²) >= 11 is 1.68. The molecule has 1 aromatic carbocycles. The molecule has 0 saturated heterocycles. The van der Waals surface area contributed by atoms with Crippen molar-refractivity contribution in [1.29, 1.82) is 0 Å². The molecule has 0 aliphatic rings. The maximum Gasteiger partial charge on any atom is 0.259 e. The van der Waals surface area contributed by atoms with Crippen LogP contribution in [0.4, 0.5) is 0 Å². The highest BCUT2D eigenvalue weighted by molar-refractivity contribution is 7.15. The largest absolute Gasteiger partial charge is 0.306 e. The summed E-state index contributed by atoms with van der Waals surface area (Å²) in [5.74, 6) is 0. The van der Waals surface area contributed by atoms with E-state index < -0.39 is 0 Å². The number of aromatic amines is 1. The van der Waals surface area contributed by atoms with E-state index >= 15 is 0 Å². The molecule has 0 bridgehead atoms. The number of pyridine rings is 3. The fourth-order valence-corrected chi connectivity index (χ4v) is 4.85. The molecule has 5 heterocycles. The van der Waals surface area contributed by atoms with Crippen molar-refractivity contribution in [1.82, 2.24) is 24.9 Å². The number of thiophene rings is 1. The molecule has 0 fully saturated rings. The van der Waals surface area contributed by atoms with E-state index in [0.717, 1.165) is 38.0 Å². The summed E-state index contributed by atoms with van der Waals surface area (Å²) in [6.07, 6.45) is 6.55. The predicted molar refractivity (Wildman–Crippen MR) is 132 cm³/mol. The van der Waals surface area contributed by atoms with Gasteiger partial charge in [-0.25, -0.2) is 4.98 Å². The van der Waals surface area contributed by atoms with Gasteiger partial charge in [-0.1, -0.05) is 12.1 Å². The van der Waals surface area contributed by atoms with Crippen molar-refractivity contribution in [3.05, 3.63) is 94.6 Å². The Morgan fingerprint density at radius 1 is 0.879 bits per heavy atom. The Bertz CT molecular complexity index is 1710. The van der Waals surface area contributed by atoms with Crippen molar-refractivity contribution in [3.8, 4) is 33.0 Å². The average Bonchev–Trinajstić information content (AvgIpc) is 3.29. The van der Waals surface area contributed by atoms with E-state index in [2.05, 4.69) is 63.3 Å². The predicted octanol–water partition coefficient (Wildman–Crippen LogP) is 5.63. The molecule has 33 heavy (non-hydrogen) atoms. The van der Waals surface area contributed by atoms with Crippen molar-refractivity contribution >= 4 is 33.3 Å². The third-order valence-corrected chi connectivity index (χ3v) is 6.56. The minimum atomic E-state index is -0.242. The minimum absolute atomic E-state index is 0.242. The van der Waals surface area contributed by atoms with Crippen LogP contribution in [0.3, 0.4) is 0 Å². The van der Waals surface area contributed by atoms with Gasteiger partial charge in [0.1, 0.15) is 5.65 Å². The first-order valence-corrected chi connectivity index (χ1v) is 11.2. The molecule has 5 aromatic heterocycles. The molecule has 0 atom stereocenters. The monoisotopic (exact) mass is 447 g/mol. The first-order chi connectivity index (χ1) is 16.2. The van der Waals surface area contributed by atoms with E-state index in [1.54, 1.807) is 36.1 Å². The highest BCUT2D eigenvalue weighted by atomic mass is 32.1. The molecule has 6 aromatic rings. The van der Waals surface area contributed by atoms with Crippen LogP contribution in [0.15, 0.2) is 84.2 Å². The lowest BCUT2D eigenvalue weighted by atomic mass is 9.99. The summed E-state index contributed by atoms with van der Waals surface area (Å²) in [4.78, 5) is 35.8. The summed E-state index contributed by atoms with van der Waals surface area (Å²) < 4.78 is 0. The van der Waals surface area contributed by atoms with E-state index in [1.165, 1.54) is 4.88 Å². The standard InChI is InChI=1S/C26H17N5OS/c1-15-4-7-23(33-15)24-19(16-5-6-21-17(11-16)3-2-8-28-21)12-18-13-20(22-14-27-9-10-29-22)26(32)31-25(18)30-24/h2-14H,1H3,(H,30,31,32). The lowest BCUT2D eigenvalue weighted by Crippen LogP contribution is -2.10. The van der Waals surface area contributed by atoms with E-state index in [0.29, 0.717) is 16.9 Å². The van der Waals surface area contributed by atoms with Crippen molar-refractivity contribution in [2.45, 2.75) is 6.92 Å². The molecule has 0 amide bonds. The molecule has 0 spiro atoms. The van der Waals surface area contributed by atoms with E-state index in [4.69, 9.17) is 4.98 Å². The summed E-state index contributed by atoms with van der Waals surface area (Å²) in [6.45, 7) is 2.08. The van der Waals surface area contributed by atoms with Crippen molar-refractivity contribution < 1.29 is 0 Å². The highest BCUT2D eigenvalue weighted by Gasteiger charge is 2.16. The molecule has 0 aliphatic carbocycles. The minimum Gasteiger partial charge on any atom is -0.306 e. The quantitative estimate of drug-likeness (QED) is 0.380. The number of nitrogens with one attached hydrogen (secondary N) is 1. The van der Waals surface area contributed by atoms with Crippen LogP contribution in [0.25, 0.3) is 54.9 Å². The number of fused-ring (bicyclic) bond motifs is 2. The molecule has 0 radical (unpaired) electrons. The van der Waals surface area contributed by atoms with Gasteiger partial charge in [0.2, 0.25) is 0 Å². The zero-order chi connectivity index (χ0) is 22.4. The Labute approximate surface area is 192 Å². The van der Waals surface area contributed by atoms with Gasteiger partial charge < -0.3 is 4.98 Å². The van der Waals surface area contributed by atoms with Crippen molar-refractivity contribution in [2.75, 3.05) is 0 Å².